The summed E-state index contributed by atoms with van der Waals surface area (Å²) in [6.45, 7) is 11.5. The summed E-state index contributed by atoms with van der Waals surface area (Å²) in [5.41, 5.74) is 2.45. The van der Waals surface area contributed by atoms with Crippen LogP contribution in [0, 0.1) is 0 Å². The van der Waals surface area contributed by atoms with E-state index in [9.17, 15) is 0 Å². The first-order valence-electron chi connectivity index (χ1n) is 4.50. The summed E-state index contributed by atoms with van der Waals surface area (Å²) in [5, 5.41) is 0. The van der Waals surface area contributed by atoms with Gasteiger partial charge in [-0.15, -0.1) is 0 Å². The third-order valence-corrected chi connectivity index (χ3v) is 1.81. The van der Waals surface area contributed by atoms with Gasteiger partial charge in [0.2, 0.25) is 0 Å². The topological polar surface area (TPSA) is 0 Å². The average molecular weight is 174 g/mol. The van der Waals surface area contributed by atoms with Gasteiger partial charge >= 0.3 is 0 Å². The number of hydrogen-bond donors (Lipinski definition) is 0. The summed E-state index contributed by atoms with van der Waals surface area (Å²) in [7, 11) is 0. The molecule has 70 valence electrons. The van der Waals surface area contributed by atoms with Gasteiger partial charge in [-0.1, -0.05) is 49.6 Å². The van der Waals surface area contributed by atoms with Crippen LogP contribution in [0.2, 0.25) is 0 Å². The van der Waals surface area contributed by atoms with E-state index in [2.05, 4.69) is 25.3 Å². The second-order valence-electron chi connectivity index (χ2n) is 2.72. The normalized spacial score (nSPS) is 13.4. The van der Waals surface area contributed by atoms with Crippen molar-refractivity contribution in [2.45, 2.75) is 20.3 Å². The van der Waals surface area contributed by atoms with Gasteiger partial charge in [0.15, 0.2) is 0 Å². The maximum atomic E-state index is 3.77. The predicted octanol–water partition coefficient (Wildman–Crippen LogP) is 4.20. The van der Waals surface area contributed by atoms with E-state index < -0.39 is 0 Å². The second kappa shape index (κ2) is 7.35. The van der Waals surface area contributed by atoms with Crippen LogP contribution in [0.5, 0.6) is 0 Å². The van der Waals surface area contributed by atoms with E-state index in [0.29, 0.717) is 0 Å². The van der Waals surface area contributed by atoms with Crippen LogP contribution in [-0.4, -0.2) is 0 Å². The van der Waals surface area contributed by atoms with Crippen molar-refractivity contribution in [3.8, 4) is 0 Å². The second-order valence-corrected chi connectivity index (χ2v) is 2.72. The number of hydrogen-bond acceptors (Lipinski definition) is 0. The third-order valence-electron chi connectivity index (χ3n) is 1.81. The van der Waals surface area contributed by atoms with Gasteiger partial charge in [0, 0.05) is 0 Å². The first-order chi connectivity index (χ1) is 6.28. The standard InChI is InChI=1S/C13H18/c1-5-9-10-13(8-4)11-12(6-2)7-3/h5-10H,2,4,11H2,1,3H3/b9-5-,12-7+,13-10+. The zero-order valence-electron chi connectivity index (χ0n) is 8.59. The Labute approximate surface area is 81.7 Å². The average Bonchev–Trinajstić information content (AvgIpc) is 2.19. The number of rotatable bonds is 5. The zero-order chi connectivity index (χ0) is 10.1. The summed E-state index contributed by atoms with van der Waals surface area (Å²) in [5.74, 6) is 0. The van der Waals surface area contributed by atoms with Gasteiger partial charge in [0.25, 0.3) is 0 Å². The molecule has 0 unspecified atom stereocenters. The van der Waals surface area contributed by atoms with E-state index in [4.69, 9.17) is 0 Å². The Bertz CT molecular complexity index is 249. The molecule has 0 bridgehead atoms. The van der Waals surface area contributed by atoms with E-state index in [-0.39, 0.29) is 0 Å². The molecule has 0 aliphatic heterocycles. The Morgan fingerprint density at radius 3 is 2.08 bits per heavy atom. The minimum absolute atomic E-state index is 0.911. The van der Waals surface area contributed by atoms with E-state index in [0.717, 1.165) is 6.42 Å². The number of allylic oxidation sites excluding steroid dienone is 8. The summed E-state index contributed by atoms with van der Waals surface area (Å²) >= 11 is 0. The molecule has 0 aliphatic carbocycles. The van der Waals surface area contributed by atoms with Crippen molar-refractivity contribution in [3.05, 3.63) is 60.8 Å². The maximum absolute atomic E-state index is 3.77. The molecule has 0 atom stereocenters. The van der Waals surface area contributed by atoms with Crippen LogP contribution in [0.3, 0.4) is 0 Å². The van der Waals surface area contributed by atoms with Crippen molar-refractivity contribution in [2.24, 2.45) is 0 Å². The Balaban J connectivity index is 4.45. The highest BCUT2D eigenvalue weighted by Gasteiger charge is 1.93. The minimum atomic E-state index is 0.911. The molecule has 0 nitrogen and oxygen atoms in total. The van der Waals surface area contributed by atoms with Crippen LogP contribution in [-0.2, 0) is 0 Å². The van der Waals surface area contributed by atoms with Crippen LogP contribution in [0.4, 0.5) is 0 Å². The van der Waals surface area contributed by atoms with Crippen LogP contribution < -0.4 is 0 Å². The lowest BCUT2D eigenvalue weighted by Gasteiger charge is -2.01. The minimum Gasteiger partial charge on any atom is -0.0988 e. The molecule has 0 saturated heterocycles. The SMILES string of the molecule is C=C/C(=C\C)C/C(C=C)=C/C=C\C. The fourth-order valence-corrected chi connectivity index (χ4v) is 0.947. The van der Waals surface area contributed by atoms with E-state index >= 15 is 0 Å². The van der Waals surface area contributed by atoms with E-state index in [1.807, 2.05) is 38.2 Å². The highest BCUT2D eigenvalue weighted by atomic mass is 14.0. The van der Waals surface area contributed by atoms with Gasteiger partial charge < -0.3 is 0 Å². The van der Waals surface area contributed by atoms with Crippen LogP contribution >= 0.6 is 0 Å². The van der Waals surface area contributed by atoms with Crippen molar-refractivity contribution < 1.29 is 0 Å². The fraction of sp³-hybridized carbons (Fsp3) is 0.231. The summed E-state index contributed by atoms with van der Waals surface area (Å²) in [6, 6.07) is 0. The molecule has 0 N–H and O–H groups in total. The highest BCUT2D eigenvalue weighted by Crippen LogP contribution is 2.12. The van der Waals surface area contributed by atoms with Crippen LogP contribution in [0.25, 0.3) is 0 Å². The van der Waals surface area contributed by atoms with Crippen LogP contribution in [0.15, 0.2) is 60.8 Å². The lowest BCUT2D eigenvalue weighted by molar-refractivity contribution is 1.20. The molecule has 0 spiro atoms. The Morgan fingerprint density at radius 2 is 1.69 bits per heavy atom. The molecule has 13 heavy (non-hydrogen) atoms. The van der Waals surface area contributed by atoms with Crippen molar-refractivity contribution in [1.29, 1.82) is 0 Å². The summed E-state index contributed by atoms with van der Waals surface area (Å²) in [4.78, 5) is 0. The van der Waals surface area contributed by atoms with Crippen molar-refractivity contribution >= 4 is 0 Å². The Hall–Kier alpha value is -1.30. The Morgan fingerprint density at radius 1 is 1.08 bits per heavy atom. The molecule has 0 amide bonds. The fourth-order valence-electron chi connectivity index (χ4n) is 0.947. The van der Waals surface area contributed by atoms with Gasteiger partial charge in [-0.3, -0.25) is 0 Å². The molecular formula is C13H18. The highest BCUT2D eigenvalue weighted by molar-refractivity contribution is 5.31. The largest absolute Gasteiger partial charge is 0.0988 e. The molecule has 0 aromatic carbocycles. The molecule has 0 radical (unpaired) electrons. The first kappa shape index (κ1) is 11.7. The molecule has 0 fully saturated rings. The summed E-state index contributed by atoms with van der Waals surface area (Å²) < 4.78 is 0. The smallest absolute Gasteiger partial charge is 0.00295 e. The molecule has 0 aliphatic rings. The van der Waals surface area contributed by atoms with Gasteiger partial charge in [-0.25, -0.2) is 0 Å². The van der Waals surface area contributed by atoms with E-state index in [1.165, 1.54) is 11.1 Å². The third kappa shape index (κ3) is 5.02. The van der Waals surface area contributed by atoms with Crippen molar-refractivity contribution in [1.82, 2.24) is 0 Å². The van der Waals surface area contributed by atoms with Gasteiger partial charge in [-0.2, -0.15) is 0 Å². The quantitative estimate of drug-likeness (QED) is 0.548. The maximum Gasteiger partial charge on any atom is -0.00295 e. The zero-order valence-corrected chi connectivity index (χ0v) is 8.59. The monoisotopic (exact) mass is 174 g/mol. The summed E-state index contributed by atoms with van der Waals surface area (Å²) in [6.07, 6.45) is 12.8. The molecule has 0 aromatic rings. The van der Waals surface area contributed by atoms with Gasteiger partial charge in [0.05, 0.1) is 0 Å². The molecule has 0 saturated carbocycles. The molecule has 0 aromatic heterocycles. The van der Waals surface area contributed by atoms with Gasteiger partial charge in [0.1, 0.15) is 0 Å². The lowest BCUT2D eigenvalue weighted by atomic mass is 10.0. The van der Waals surface area contributed by atoms with E-state index in [1.54, 1.807) is 0 Å². The Kier molecular flexibility index (Phi) is 6.62. The molecule has 0 heterocycles. The molecular weight excluding hydrogens is 156 g/mol. The predicted molar refractivity (Wildman–Crippen MR) is 61.7 cm³/mol. The van der Waals surface area contributed by atoms with Crippen molar-refractivity contribution in [3.63, 3.8) is 0 Å². The van der Waals surface area contributed by atoms with Crippen LogP contribution in [0.1, 0.15) is 20.3 Å². The molecule has 0 rings (SSSR count). The lowest BCUT2D eigenvalue weighted by Crippen LogP contribution is -1.81. The molecule has 0 heteroatoms. The first-order valence-corrected chi connectivity index (χ1v) is 4.50. The van der Waals surface area contributed by atoms with Gasteiger partial charge in [-0.05, 0) is 31.4 Å². The van der Waals surface area contributed by atoms with Crippen molar-refractivity contribution in [2.75, 3.05) is 0 Å².